The summed E-state index contributed by atoms with van der Waals surface area (Å²) in [6.07, 6.45) is 3.85. The van der Waals surface area contributed by atoms with E-state index in [-0.39, 0.29) is 0 Å². The van der Waals surface area contributed by atoms with Crippen LogP contribution < -0.4 is 10.2 Å². The molecule has 0 saturated heterocycles. The molecule has 0 unspecified atom stereocenters. The fourth-order valence-electron chi connectivity index (χ4n) is 2.24. The molecule has 1 fully saturated rings. The number of aromatic nitrogens is 1. The molecule has 0 amide bonds. The molecule has 1 saturated carbocycles. The van der Waals surface area contributed by atoms with Gasteiger partial charge in [-0.2, -0.15) is 0 Å². The van der Waals surface area contributed by atoms with Crippen LogP contribution in [0.25, 0.3) is 0 Å². The molecule has 0 spiro atoms. The number of rotatable bonds is 8. The molecule has 0 aromatic carbocycles. The quantitative estimate of drug-likeness (QED) is 0.786. The lowest BCUT2D eigenvalue weighted by Gasteiger charge is -2.18. The van der Waals surface area contributed by atoms with Crippen LogP contribution in [-0.2, 0) is 6.54 Å². The maximum absolute atomic E-state index is 4.94. The third-order valence-electron chi connectivity index (χ3n) is 3.50. The van der Waals surface area contributed by atoms with Gasteiger partial charge < -0.3 is 10.2 Å². The highest BCUT2D eigenvalue weighted by atomic mass is 32.1. The molecule has 19 heavy (non-hydrogen) atoms. The molecular formula is C15H27N3S. The average Bonchev–Trinajstić information content (AvgIpc) is 3.14. The van der Waals surface area contributed by atoms with Crippen LogP contribution in [0, 0.1) is 0 Å². The number of thiazole rings is 1. The summed E-state index contributed by atoms with van der Waals surface area (Å²) in [6, 6.07) is 0.538. The van der Waals surface area contributed by atoms with Crippen molar-refractivity contribution in [2.24, 2.45) is 0 Å². The molecule has 2 rings (SSSR count). The van der Waals surface area contributed by atoms with Crippen molar-refractivity contribution < 1.29 is 0 Å². The van der Waals surface area contributed by atoms with Gasteiger partial charge in [0, 0.05) is 36.5 Å². The van der Waals surface area contributed by atoms with Crippen molar-refractivity contribution in [2.75, 3.05) is 18.0 Å². The molecule has 1 heterocycles. The summed E-state index contributed by atoms with van der Waals surface area (Å²) in [5.41, 5.74) is 1.38. The second kappa shape index (κ2) is 6.71. The predicted molar refractivity (Wildman–Crippen MR) is 84.2 cm³/mol. The normalized spacial score (nSPS) is 15.2. The lowest BCUT2D eigenvalue weighted by atomic mass is 10.2. The molecule has 1 aliphatic rings. The maximum atomic E-state index is 4.94. The van der Waals surface area contributed by atoms with E-state index in [0.29, 0.717) is 6.04 Å². The van der Waals surface area contributed by atoms with E-state index in [1.807, 2.05) is 11.3 Å². The Morgan fingerprint density at radius 2 is 2.11 bits per heavy atom. The lowest BCUT2D eigenvalue weighted by Crippen LogP contribution is -2.23. The predicted octanol–water partition coefficient (Wildman–Crippen LogP) is 3.75. The zero-order valence-electron chi connectivity index (χ0n) is 12.7. The van der Waals surface area contributed by atoms with Gasteiger partial charge in [0.2, 0.25) is 0 Å². The summed E-state index contributed by atoms with van der Waals surface area (Å²) in [5, 5.41) is 4.77. The Bertz CT molecular complexity index is 396. The van der Waals surface area contributed by atoms with Crippen LogP contribution in [0.5, 0.6) is 0 Å². The fraction of sp³-hybridized carbons (Fsp3) is 0.800. The van der Waals surface area contributed by atoms with Crippen molar-refractivity contribution in [3.8, 4) is 0 Å². The number of hydrogen-bond acceptors (Lipinski definition) is 4. The Hall–Kier alpha value is -0.610. The summed E-state index contributed by atoms with van der Waals surface area (Å²) in [5.74, 6) is 0.745. The zero-order valence-corrected chi connectivity index (χ0v) is 13.5. The summed E-state index contributed by atoms with van der Waals surface area (Å²) in [4.78, 5) is 8.82. The molecular weight excluding hydrogens is 254 g/mol. The Morgan fingerprint density at radius 1 is 1.37 bits per heavy atom. The second-order valence-corrected chi connectivity index (χ2v) is 6.76. The van der Waals surface area contributed by atoms with Gasteiger partial charge in [-0.3, -0.25) is 0 Å². The van der Waals surface area contributed by atoms with Gasteiger partial charge in [-0.1, -0.05) is 20.8 Å². The Kier molecular flexibility index (Phi) is 5.22. The maximum Gasteiger partial charge on any atom is 0.185 e. The highest BCUT2D eigenvalue weighted by molar-refractivity contribution is 7.15. The Balaban J connectivity index is 2.14. The monoisotopic (exact) mass is 281 g/mol. The molecule has 3 nitrogen and oxygen atoms in total. The van der Waals surface area contributed by atoms with Gasteiger partial charge in [0.05, 0.1) is 5.69 Å². The minimum atomic E-state index is 0.538. The number of anilines is 1. The fourth-order valence-corrected chi connectivity index (χ4v) is 3.43. The molecule has 0 aliphatic heterocycles. The van der Waals surface area contributed by atoms with Crippen molar-refractivity contribution in [1.29, 1.82) is 0 Å². The van der Waals surface area contributed by atoms with Gasteiger partial charge in [0.15, 0.2) is 5.13 Å². The smallest absolute Gasteiger partial charge is 0.185 e. The van der Waals surface area contributed by atoms with Crippen LogP contribution in [0.3, 0.4) is 0 Å². The van der Waals surface area contributed by atoms with E-state index in [1.165, 1.54) is 35.0 Å². The van der Waals surface area contributed by atoms with Crippen LogP contribution in [0.4, 0.5) is 5.13 Å². The molecule has 0 bridgehead atoms. The van der Waals surface area contributed by atoms with Gasteiger partial charge in [0.25, 0.3) is 0 Å². The van der Waals surface area contributed by atoms with Crippen LogP contribution in [0.1, 0.15) is 63.4 Å². The third-order valence-corrected chi connectivity index (χ3v) is 4.63. The SMILES string of the molecule is CCCN(CC)c1nc(C2CC2)c(CNC(C)C)s1. The second-order valence-electron chi connectivity index (χ2n) is 5.69. The van der Waals surface area contributed by atoms with E-state index in [0.717, 1.165) is 25.6 Å². The highest BCUT2D eigenvalue weighted by Crippen LogP contribution is 2.44. The van der Waals surface area contributed by atoms with Crippen molar-refractivity contribution in [2.45, 2.75) is 65.5 Å². The van der Waals surface area contributed by atoms with Crippen LogP contribution in [0.2, 0.25) is 0 Å². The molecule has 4 heteroatoms. The van der Waals surface area contributed by atoms with E-state index in [2.05, 4.69) is 37.9 Å². The zero-order chi connectivity index (χ0) is 13.8. The number of hydrogen-bond donors (Lipinski definition) is 1. The Morgan fingerprint density at radius 3 is 2.63 bits per heavy atom. The number of nitrogens with zero attached hydrogens (tertiary/aromatic N) is 2. The first-order chi connectivity index (χ1) is 9.15. The molecule has 1 aliphatic carbocycles. The van der Waals surface area contributed by atoms with Crippen molar-refractivity contribution >= 4 is 16.5 Å². The van der Waals surface area contributed by atoms with E-state index in [1.54, 1.807) is 0 Å². The molecule has 108 valence electrons. The van der Waals surface area contributed by atoms with Crippen molar-refractivity contribution in [3.63, 3.8) is 0 Å². The Labute approximate surface area is 121 Å². The van der Waals surface area contributed by atoms with Crippen molar-refractivity contribution in [3.05, 3.63) is 10.6 Å². The van der Waals surface area contributed by atoms with Crippen LogP contribution in [-0.4, -0.2) is 24.1 Å². The summed E-state index contributed by atoms with van der Waals surface area (Å²) in [7, 11) is 0. The highest BCUT2D eigenvalue weighted by Gasteiger charge is 2.30. The van der Waals surface area contributed by atoms with Gasteiger partial charge in [0.1, 0.15) is 0 Å². The van der Waals surface area contributed by atoms with Crippen LogP contribution in [0.15, 0.2) is 0 Å². The molecule has 1 aromatic heterocycles. The first-order valence-electron chi connectivity index (χ1n) is 7.63. The first-order valence-corrected chi connectivity index (χ1v) is 8.45. The van der Waals surface area contributed by atoms with Gasteiger partial charge >= 0.3 is 0 Å². The molecule has 1 N–H and O–H groups in total. The minimum Gasteiger partial charge on any atom is -0.348 e. The van der Waals surface area contributed by atoms with Gasteiger partial charge in [-0.15, -0.1) is 11.3 Å². The van der Waals surface area contributed by atoms with E-state index >= 15 is 0 Å². The largest absolute Gasteiger partial charge is 0.348 e. The standard InChI is InChI=1S/C15H27N3S/c1-5-9-18(6-2)15-17-14(12-7-8-12)13(19-15)10-16-11(3)4/h11-12,16H,5-10H2,1-4H3. The summed E-state index contributed by atoms with van der Waals surface area (Å²) < 4.78 is 0. The van der Waals surface area contributed by atoms with Gasteiger partial charge in [-0.25, -0.2) is 4.98 Å². The van der Waals surface area contributed by atoms with E-state index in [9.17, 15) is 0 Å². The molecule has 0 radical (unpaired) electrons. The third kappa shape index (κ3) is 3.93. The molecule has 1 aromatic rings. The lowest BCUT2D eigenvalue weighted by molar-refractivity contribution is 0.590. The van der Waals surface area contributed by atoms with E-state index in [4.69, 9.17) is 4.98 Å². The van der Waals surface area contributed by atoms with Crippen molar-refractivity contribution in [1.82, 2.24) is 10.3 Å². The minimum absolute atomic E-state index is 0.538. The first kappa shape index (κ1) is 14.8. The topological polar surface area (TPSA) is 28.2 Å². The summed E-state index contributed by atoms with van der Waals surface area (Å²) >= 11 is 1.89. The number of nitrogens with one attached hydrogen (secondary N) is 1. The van der Waals surface area contributed by atoms with Gasteiger partial charge in [-0.05, 0) is 26.2 Å². The average molecular weight is 281 g/mol. The molecule has 0 atom stereocenters. The van der Waals surface area contributed by atoms with Crippen LogP contribution >= 0.6 is 11.3 Å². The summed E-state index contributed by atoms with van der Waals surface area (Å²) in [6.45, 7) is 12.0. The van der Waals surface area contributed by atoms with E-state index < -0.39 is 0 Å².